The number of rotatable bonds is 4. The van der Waals surface area contributed by atoms with Crippen molar-refractivity contribution in [1.82, 2.24) is 4.31 Å². The van der Waals surface area contributed by atoms with Gasteiger partial charge in [-0.3, -0.25) is 4.31 Å². The van der Waals surface area contributed by atoms with Gasteiger partial charge in [0.25, 0.3) is 10.0 Å². The van der Waals surface area contributed by atoms with Crippen molar-refractivity contribution in [2.75, 3.05) is 0 Å². The van der Waals surface area contributed by atoms with Crippen LogP contribution in [0.5, 0.6) is 0 Å². The molecular weight excluding hydrogens is 493 g/mol. The average molecular weight is 515 g/mol. The molecular formula is C24H22INO2S. The van der Waals surface area contributed by atoms with E-state index in [0.717, 1.165) is 31.5 Å². The van der Waals surface area contributed by atoms with E-state index in [0.29, 0.717) is 11.3 Å². The fourth-order valence-electron chi connectivity index (χ4n) is 3.66. The molecule has 1 heterocycles. The molecule has 0 N–H and O–H groups in total. The summed E-state index contributed by atoms with van der Waals surface area (Å²) in [4.78, 5) is 0.319. The third kappa shape index (κ3) is 3.85. The van der Waals surface area contributed by atoms with Crippen LogP contribution < -0.4 is 0 Å². The van der Waals surface area contributed by atoms with Gasteiger partial charge >= 0.3 is 0 Å². The second-order valence-corrected chi connectivity index (χ2v) is 10.5. The molecule has 0 aliphatic carbocycles. The number of hydrogen-bond acceptors (Lipinski definition) is 2. The second kappa shape index (κ2) is 7.95. The van der Waals surface area contributed by atoms with E-state index >= 15 is 0 Å². The summed E-state index contributed by atoms with van der Waals surface area (Å²) in [5.41, 5.74) is 4.89. The minimum Gasteiger partial charge on any atom is -0.257 e. The van der Waals surface area contributed by atoms with Gasteiger partial charge in [0.15, 0.2) is 0 Å². The van der Waals surface area contributed by atoms with E-state index in [2.05, 4.69) is 22.6 Å². The van der Waals surface area contributed by atoms with Crippen LogP contribution in [0.3, 0.4) is 0 Å². The molecule has 0 bridgehead atoms. The standard InChI is InChI=1S/C24H22INO2S/c1-17-8-12-20(13-9-17)24-22(25)16-23(19-6-4-3-5-7-19)26(24)29(27,28)21-14-10-18(2)11-15-21/h3-15,23H,16H2,1-2H3. The fourth-order valence-corrected chi connectivity index (χ4v) is 6.51. The Hall–Kier alpha value is -2.12. The maximum absolute atomic E-state index is 13.8. The zero-order valence-electron chi connectivity index (χ0n) is 16.3. The Morgan fingerprint density at radius 3 is 1.97 bits per heavy atom. The van der Waals surface area contributed by atoms with E-state index in [4.69, 9.17) is 0 Å². The zero-order valence-corrected chi connectivity index (χ0v) is 19.3. The second-order valence-electron chi connectivity index (χ2n) is 7.36. The highest BCUT2D eigenvalue weighted by atomic mass is 127. The van der Waals surface area contributed by atoms with Gasteiger partial charge < -0.3 is 0 Å². The Morgan fingerprint density at radius 1 is 0.828 bits per heavy atom. The molecule has 1 aliphatic heterocycles. The van der Waals surface area contributed by atoms with Gasteiger partial charge in [0.1, 0.15) is 0 Å². The third-order valence-corrected chi connectivity index (χ3v) is 7.99. The number of halogens is 1. The van der Waals surface area contributed by atoms with Gasteiger partial charge in [0.05, 0.1) is 16.6 Å². The van der Waals surface area contributed by atoms with Crippen LogP contribution in [0.25, 0.3) is 5.70 Å². The van der Waals surface area contributed by atoms with Crippen LogP contribution in [0.2, 0.25) is 0 Å². The molecule has 0 amide bonds. The first-order chi connectivity index (χ1) is 13.9. The summed E-state index contributed by atoms with van der Waals surface area (Å²) in [7, 11) is -3.72. The van der Waals surface area contributed by atoms with Gasteiger partial charge in [0.2, 0.25) is 0 Å². The summed E-state index contributed by atoms with van der Waals surface area (Å²) in [5.74, 6) is 0. The molecule has 4 rings (SSSR count). The first-order valence-electron chi connectivity index (χ1n) is 9.49. The summed E-state index contributed by atoms with van der Waals surface area (Å²) in [5, 5.41) is 0. The molecule has 1 unspecified atom stereocenters. The largest absolute Gasteiger partial charge is 0.264 e. The van der Waals surface area contributed by atoms with Crippen LogP contribution in [0.4, 0.5) is 0 Å². The summed E-state index contributed by atoms with van der Waals surface area (Å²) < 4.78 is 30.3. The first-order valence-corrected chi connectivity index (χ1v) is 12.0. The van der Waals surface area contributed by atoms with Crippen LogP contribution in [0, 0.1) is 13.8 Å². The van der Waals surface area contributed by atoms with Crippen molar-refractivity contribution < 1.29 is 8.42 Å². The summed E-state index contributed by atoms with van der Waals surface area (Å²) in [6.45, 7) is 3.99. The number of benzene rings is 3. The van der Waals surface area contributed by atoms with Crippen LogP contribution in [0.15, 0.2) is 87.3 Å². The topological polar surface area (TPSA) is 37.4 Å². The van der Waals surface area contributed by atoms with Crippen molar-refractivity contribution >= 4 is 38.3 Å². The normalized spacial score (nSPS) is 17.1. The Balaban J connectivity index is 1.89. The molecule has 1 atom stereocenters. The van der Waals surface area contributed by atoms with Crippen molar-refractivity contribution in [2.45, 2.75) is 31.2 Å². The van der Waals surface area contributed by atoms with Crippen LogP contribution in [-0.4, -0.2) is 12.7 Å². The predicted molar refractivity (Wildman–Crippen MR) is 126 cm³/mol. The molecule has 0 spiro atoms. The summed E-state index contributed by atoms with van der Waals surface area (Å²) in [6.07, 6.45) is 0.666. The molecule has 3 aromatic carbocycles. The number of aryl methyl sites for hydroxylation is 2. The van der Waals surface area contributed by atoms with Crippen molar-refractivity contribution in [2.24, 2.45) is 0 Å². The smallest absolute Gasteiger partial charge is 0.257 e. The van der Waals surface area contributed by atoms with Gasteiger partial charge in [0, 0.05) is 10.0 Å². The van der Waals surface area contributed by atoms with E-state index < -0.39 is 10.0 Å². The minimum atomic E-state index is -3.72. The molecule has 0 radical (unpaired) electrons. The molecule has 0 aromatic heterocycles. The molecule has 0 fully saturated rings. The monoisotopic (exact) mass is 515 g/mol. The molecule has 148 valence electrons. The Labute approximate surface area is 186 Å². The molecule has 5 heteroatoms. The van der Waals surface area contributed by atoms with E-state index in [9.17, 15) is 8.42 Å². The lowest BCUT2D eigenvalue weighted by atomic mass is 10.1. The Bertz CT molecular complexity index is 1150. The minimum absolute atomic E-state index is 0.259. The quantitative estimate of drug-likeness (QED) is 0.386. The van der Waals surface area contributed by atoms with E-state index in [1.807, 2.05) is 80.6 Å². The Kier molecular flexibility index (Phi) is 5.53. The fraction of sp³-hybridized carbons (Fsp3) is 0.167. The van der Waals surface area contributed by atoms with Crippen LogP contribution >= 0.6 is 22.6 Å². The van der Waals surface area contributed by atoms with Gasteiger partial charge in [-0.2, -0.15) is 0 Å². The molecule has 3 nitrogen and oxygen atoms in total. The van der Waals surface area contributed by atoms with Crippen molar-refractivity contribution in [1.29, 1.82) is 0 Å². The molecule has 0 saturated carbocycles. The maximum Gasteiger partial charge on any atom is 0.264 e. The van der Waals surface area contributed by atoms with Crippen molar-refractivity contribution in [3.8, 4) is 0 Å². The summed E-state index contributed by atoms with van der Waals surface area (Å²) in [6, 6.07) is 24.8. The van der Waals surface area contributed by atoms with Crippen LogP contribution in [0.1, 0.15) is 34.7 Å². The van der Waals surface area contributed by atoms with Gasteiger partial charge in [-0.15, -0.1) is 0 Å². The highest BCUT2D eigenvalue weighted by Crippen LogP contribution is 2.49. The maximum atomic E-state index is 13.8. The SMILES string of the molecule is Cc1ccc(C2=C(I)CC(c3ccccc3)N2S(=O)(=O)c2ccc(C)cc2)cc1. The van der Waals surface area contributed by atoms with Crippen LogP contribution in [-0.2, 0) is 10.0 Å². The lowest BCUT2D eigenvalue weighted by molar-refractivity contribution is 0.445. The highest BCUT2D eigenvalue weighted by molar-refractivity contribution is 14.1. The average Bonchev–Trinajstić information content (AvgIpc) is 3.07. The first kappa shape index (κ1) is 20.2. The van der Waals surface area contributed by atoms with E-state index in [-0.39, 0.29) is 6.04 Å². The van der Waals surface area contributed by atoms with E-state index in [1.54, 1.807) is 16.4 Å². The van der Waals surface area contributed by atoms with Crippen molar-refractivity contribution in [3.05, 3.63) is 105 Å². The van der Waals surface area contributed by atoms with Gasteiger partial charge in [-0.25, -0.2) is 8.42 Å². The number of sulfonamides is 1. The number of nitrogens with zero attached hydrogens (tertiary/aromatic N) is 1. The van der Waals surface area contributed by atoms with Gasteiger partial charge in [-0.05, 0) is 59.7 Å². The summed E-state index contributed by atoms with van der Waals surface area (Å²) >= 11 is 2.30. The van der Waals surface area contributed by atoms with Crippen molar-refractivity contribution in [3.63, 3.8) is 0 Å². The van der Waals surface area contributed by atoms with E-state index in [1.165, 1.54) is 0 Å². The molecule has 0 saturated heterocycles. The molecule has 29 heavy (non-hydrogen) atoms. The number of hydrogen-bond donors (Lipinski definition) is 0. The Morgan fingerprint density at radius 2 is 1.38 bits per heavy atom. The molecule has 1 aliphatic rings. The predicted octanol–water partition coefficient (Wildman–Crippen LogP) is 6.24. The zero-order chi connectivity index (χ0) is 20.6. The third-order valence-electron chi connectivity index (χ3n) is 5.22. The molecule has 3 aromatic rings. The highest BCUT2D eigenvalue weighted by Gasteiger charge is 2.41. The lowest BCUT2D eigenvalue weighted by Crippen LogP contribution is -2.30. The lowest BCUT2D eigenvalue weighted by Gasteiger charge is -2.29. The van der Waals surface area contributed by atoms with Gasteiger partial charge in [-0.1, -0.05) is 77.9 Å².